The van der Waals surface area contributed by atoms with Crippen LogP contribution in [0, 0.1) is 11.6 Å². The summed E-state index contributed by atoms with van der Waals surface area (Å²) in [4.78, 5) is 34.3. The molecule has 0 spiro atoms. The number of amides is 1. The first-order chi connectivity index (χ1) is 23.0. The van der Waals surface area contributed by atoms with E-state index in [2.05, 4.69) is 24.8 Å². The zero-order chi connectivity index (χ0) is 32.1. The smallest absolute Gasteiger partial charge is 0.265 e. The largest absolute Gasteiger partial charge is 0.491 e. The van der Waals surface area contributed by atoms with E-state index < -0.39 is 24.1 Å². The van der Waals surface area contributed by atoms with E-state index in [0.717, 1.165) is 56.8 Å². The van der Waals surface area contributed by atoms with Gasteiger partial charge >= 0.3 is 0 Å². The minimum absolute atomic E-state index is 0.0301. The number of aliphatic hydroxyl groups excluding tert-OH is 1. The zero-order valence-electron chi connectivity index (χ0n) is 25.5. The molecule has 47 heavy (non-hydrogen) atoms. The number of pyridine rings is 1. The molecule has 0 unspecified atom stereocenters. The van der Waals surface area contributed by atoms with Crippen LogP contribution in [0.1, 0.15) is 45.8 Å². The summed E-state index contributed by atoms with van der Waals surface area (Å²) >= 11 is 0. The highest BCUT2D eigenvalue weighted by atomic mass is 19.1. The van der Waals surface area contributed by atoms with Crippen LogP contribution in [0.3, 0.4) is 0 Å². The maximum atomic E-state index is 15.4. The zero-order valence-corrected chi connectivity index (χ0v) is 25.5. The van der Waals surface area contributed by atoms with E-state index >= 15 is 8.78 Å². The Bertz CT molecular complexity index is 1990. The molecule has 12 heteroatoms. The van der Waals surface area contributed by atoms with Gasteiger partial charge in [0.15, 0.2) is 0 Å². The van der Waals surface area contributed by atoms with Gasteiger partial charge in [-0.25, -0.2) is 18.7 Å². The molecule has 1 amide bonds. The maximum absolute atomic E-state index is 15.4. The molecule has 1 saturated carbocycles. The molecule has 1 aliphatic carbocycles. The number of aromatic amines is 1. The normalized spacial score (nSPS) is 17.1. The van der Waals surface area contributed by atoms with E-state index in [1.807, 2.05) is 24.4 Å². The van der Waals surface area contributed by atoms with Gasteiger partial charge in [-0.3, -0.25) is 14.7 Å². The fourth-order valence-electron chi connectivity index (χ4n) is 6.52. The van der Waals surface area contributed by atoms with Crippen LogP contribution in [0.15, 0.2) is 55.0 Å². The van der Waals surface area contributed by atoms with E-state index in [0.29, 0.717) is 28.1 Å². The predicted molar refractivity (Wildman–Crippen MR) is 170 cm³/mol. The second-order valence-electron chi connectivity index (χ2n) is 12.2. The molecule has 2 N–H and O–H groups in total. The number of ether oxygens (including phenoxy) is 2. The van der Waals surface area contributed by atoms with Gasteiger partial charge < -0.3 is 24.5 Å². The second-order valence-corrected chi connectivity index (χ2v) is 12.2. The number of carbonyl (C=O) groups is 1. The Balaban J connectivity index is 1.15. The van der Waals surface area contributed by atoms with Crippen molar-refractivity contribution < 1.29 is 28.2 Å². The van der Waals surface area contributed by atoms with Gasteiger partial charge in [0.25, 0.3) is 5.91 Å². The third kappa shape index (κ3) is 5.62. The third-order valence-corrected chi connectivity index (χ3v) is 9.09. The lowest BCUT2D eigenvalue weighted by atomic mass is 9.99. The average Bonchev–Trinajstić information content (AvgIpc) is 3.87. The number of aromatic nitrogens is 4. The van der Waals surface area contributed by atoms with Crippen LogP contribution in [0.4, 0.5) is 14.5 Å². The standard InChI is InChI=1S/C35H32F2N6O4/c36-23-13-24(26(18-44)30(14-23)43-7-10-47-31-12-22(21-2-3-21)11-27(37)32(31)35(43)45)33-25-15-29(41-34(25)40-19-39-33)28-4-1-20(16-38-28)17-42-5-8-46-9-6-42/h1,4,11-16,19,21,44H,2-3,5-10,17-18H2,(H,39,40,41). The topological polar surface area (TPSA) is 117 Å². The quantitative estimate of drug-likeness (QED) is 0.250. The number of aliphatic hydroxyl groups is 1. The number of hydrogen-bond donors (Lipinski definition) is 2. The Hall–Kier alpha value is -4.78. The van der Waals surface area contributed by atoms with Crippen molar-refractivity contribution in [2.45, 2.75) is 31.9 Å². The van der Waals surface area contributed by atoms with Gasteiger partial charge in [-0.2, -0.15) is 0 Å². The molecule has 8 rings (SSSR count). The van der Waals surface area contributed by atoms with Crippen LogP contribution in [-0.4, -0.2) is 75.3 Å². The number of fused-ring (bicyclic) bond motifs is 2. The Morgan fingerprint density at radius 1 is 0.979 bits per heavy atom. The van der Waals surface area contributed by atoms with Crippen molar-refractivity contribution in [2.24, 2.45) is 0 Å². The van der Waals surface area contributed by atoms with E-state index in [9.17, 15) is 9.90 Å². The number of rotatable bonds is 7. The van der Waals surface area contributed by atoms with Gasteiger partial charge in [0.2, 0.25) is 0 Å². The van der Waals surface area contributed by atoms with Crippen molar-refractivity contribution in [3.8, 4) is 28.4 Å². The van der Waals surface area contributed by atoms with Gasteiger partial charge in [0.1, 0.15) is 41.5 Å². The van der Waals surface area contributed by atoms with E-state index in [1.165, 1.54) is 29.4 Å². The highest BCUT2D eigenvalue weighted by Crippen LogP contribution is 2.44. The minimum atomic E-state index is -0.677. The molecule has 0 bridgehead atoms. The van der Waals surface area contributed by atoms with Crippen LogP contribution in [0.5, 0.6) is 5.75 Å². The number of halogens is 2. The Morgan fingerprint density at radius 3 is 2.60 bits per heavy atom. The maximum Gasteiger partial charge on any atom is 0.265 e. The molecule has 1 saturated heterocycles. The summed E-state index contributed by atoms with van der Waals surface area (Å²) in [5.41, 5.74) is 4.63. The molecule has 5 heterocycles. The number of morpholine rings is 1. The number of carbonyl (C=O) groups excluding carboxylic acids is 1. The lowest BCUT2D eigenvalue weighted by Crippen LogP contribution is -2.35. The summed E-state index contributed by atoms with van der Waals surface area (Å²) in [6.45, 7) is 3.58. The number of benzene rings is 2. The van der Waals surface area contributed by atoms with Crippen LogP contribution >= 0.6 is 0 Å². The molecule has 5 aromatic rings. The first-order valence-corrected chi connectivity index (χ1v) is 15.8. The number of H-pyrrole nitrogens is 1. The van der Waals surface area contributed by atoms with Crippen LogP contribution < -0.4 is 9.64 Å². The van der Waals surface area contributed by atoms with Gasteiger partial charge in [-0.15, -0.1) is 0 Å². The van der Waals surface area contributed by atoms with Crippen LogP contribution in [0.25, 0.3) is 33.7 Å². The summed E-state index contributed by atoms with van der Waals surface area (Å²) in [6.07, 6.45) is 5.15. The van der Waals surface area contributed by atoms with Crippen molar-refractivity contribution in [3.05, 3.63) is 88.9 Å². The molecule has 10 nitrogen and oxygen atoms in total. The van der Waals surface area contributed by atoms with Crippen molar-refractivity contribution in [3.63, 3.8) is 0 Å². The molecular weight excluding hydrogens is 606 g/mol. The Kier molecular flexibility index (Phi) is 7.63. The van der Waals surface area contributed by atoms with Crippen molar-refractivity contribution >= 4 is 22.6 Å². The van der Waals surface area contributed by atoms with Crippen molar-refractivity contribution in [2.75, 3.05) is 44.4 Å². The van der Waals surface area contributed by atoms with E-state index in [4.69, 9.17) is 9.47 Å². The predicted octanol–water partition coefficient (Wildman–Crippen LogP) is 5.21. The van der Waals surface area contributed by atoms with Gasteiger partial charge in [-0.05, 0) is 66.3 Å². The van der Waals surface area contributed by atoms with Gasteiger partial charge in [-0.1, -0.05) is 6.07 Å². The number of anilines is 1. The molecule has 3 aromatic heterocycles. The van der Waals surface area contributed by atoms with Crippen molar-refractivity contribution in [1.82, 2.24) is 24.8 Å². The summed E-state index contributed by atoms with van der Waals surface area (Å²) in [5, 5.41) is 11.2. The minimum Gasteiger partial charge on any atom is -0.491 e. The lowest BCUT2D eigenvalue weighted by molar-refractivity contribution is 0.0341. The molecule has 2 aliphatic heterocycles. The molecule has 240 valence electrons. The van der Waals surface area contributed by atoms with Crippen LogP contribution in [-0.2, 0) is 17.9 Å². The first-order valence-electron chi connectivity index (χ1n) is 15.8. The first kappa shape index (κ1) is 29.6. The second kappa shape index (κ2) is 12.1. The molecule has 3 aliphatic rings. The third-order valence-electron chi connectivity index (χ3n) is 9.09. The molecule has 2 aromatic carbocycles. The number of nitrogens with one attached hydrogen (secondary N) is 1. The lowest BCUT2D eigenvalue weighted by Gasteiger charge is -2.26. The van der Waals surface area contributed by atoms with Crippen molar-refractivity contribution in [1.29, 1.82) is 0 Å². The molecule has 0 radical (unpaired) electrons. The molecule has 2 fully saturated rings. The van der Waals surface area contributed by atoms with E-state index in [-0.39, 0.29) is 47.2 Å². The highest BCUT2D eigenvalue weighted by molar-refractivity contribution is 6.09. The average molecular weight is 639 g/mol. The SMILES string of the molecule is O=C1c2c(F)cc(C3CC3)cc2OCCN1c1cc(F)cc(-c2ncnc3[nH]c(-c4ccc(CN5CCOCC5)cn4)cc23)c1CO. The summed E-state index contributed by atoms with van der Waals surface area (Å²) in [5.74, 6) is -1.53. The van der Waals surface area contributed by atoms with Gasteiger partial charge in [0, 0.05) is 42.3 Å². The fraction of sp³-hybridized carbons (Fsp3) is 0.314. The Labute approximate surface area is 269 Å². The molecular formula is C35H32F2N6O4. The summed E-state index contributed by atoms with van der Waals surface area (Å²) in [6, 6.07) is 11.4. The Morgan fingerprint density at radius 2 is 1.83 bits per heavy atom. The summed E-state index contributed by atoms with van der Waals surface area (Å²) in [7, 11) is 0. The van der Waals surface area contributed by atoms with Gasteiger partial charge in [0.05, 0.1) is 49.1 Å². The van der Waals surface area contributed by atoms with Crippen LogP contribution in [0.2, 0.25) is 0 Å². The van der Waals surface area contributed by atoms with E-state index in [1.54, 1.807) is 6.07 Å². The number of hydrogen-bond acceptors (Lipinski definition) is 8. The molecule has 0 atom stereocenters. The summed E-state index contributed by atoms with van der Waals surface area (Å²) < 4.78 is 42.1. The monoisotopic (exact) mass is 638 g/mol. The number of nitrogens with zero attached hydrogens (tertiary/aromatic N) is 5. The highest BCUT2D eigenvalue weighted by Gasteiger charge is 2.33. The fourth-order valence-corrected chi connectivity index (χ4v) is 6.52.